The molecule has 0 heterocycles. The third-order valence-electron chi connectivity index (χ3n) is 14.3. The molecule has 0 N–H and O–H groups in total. The maximum atomic E-state index is 16.6. The molecule has 2 fully saturated rings. The molecule has 0 aromatic heterocycles. The van der Waals surface area contributed by atoms with E-state index in [2.05, 4.69) is 243 Å². The molecule has 8 aromatic rings. The molecule has 6 atom stereocenters. The molecule has 10 rings (SSSR count). The van der Waals surface area contributed by atoms with Crippen molar-refractivity contribution in [2.24, 2.45) is 11.8 Å². The van der Waals surface area contributed by atoms with Crippen LogP contribution in [0.3, 0.4) is 0 Å². The monoisotopic (exact) mass is 774 g/mol. The minimum Gasteiger partial charge on any atom is -0.298 e. The summed E-state index contributed by atoms with van der Waals surface area (Å²) in [6, 6.07) is 87.9. The number of carbonyl (C=O) groups is 1. The van der Waals surface area contributed by atoms with Crippen LogP contribution >= 0.6 is 0 Å². The van der Waals surface area contributed by atoms with E-state index in [1.165, 1.54) is 33.4 Å². The molecule has 1 heteroatoms. The van der Waals surface area contributed by atoms with E-state index in [1.54, 1.807) is 0 Å². The lowest BCUT2D eigenvalue weighted by Gasteiger charge is -2.61. The summed E-state index contributed by atoms with van der Waals surface area (Å²) in [7, 11) is 0. The van der Waals surface area contributed by atoms with Gasteiger partial charge in [0.1, 0.15) is 5.78 Å². The van der Waals surface area contributed by atoms with E-state index in [0.29, 0.717) is 5.78 Å². The Kier molecular flexibility index (Phi) is 10.2. The van der Waals surface area contributed by atoms with Gasteiger partial charge in [-0.25, -0.2) is 0 Å². The van der Waals surface area contributed by atoms with Crippen molar-refractivity contribution in [2.75, 3.05) is 0 Å². The zero-order valence-corrected chi connectivity index (χ0v) is 33.9. The first kappa shape index (κ1) is 37.7. The van der Waals surface area contributed by atoms with Gasteiger partial charge >= 0.3 is 0 Å². The Balaban J connectivity index is 1.16. The molecule has 60 heavy (non-hydrogen) atoms. The van der Waals surface area contributed by atoms with Crippen LogP contribution in [0.15, 0.2) is 243 Å². The van der Waals surface area contributed by atoms with Crippen LogP contribution in [-0.2, 0) is 15.6 Å². The van der Waals surface area contributed by atoms with E-state index in [9.17, 15) is 0 Å². The highest BCUT2D eigenvalue weighted by molar-refractivity contribution is 5.93. The molecule has 0 bridgehead atoms. The molecular formula is C59H50O. The zero-order valence-electron chi connectivity index (χ0n) is 33.9. The Bertz CT molecular complexity index is 2350. The van der Waals surface area contributed by atoms with Crippen molar-refractivity contribution < 1.29 is 4.79 Å². The Hall–Kier alpha value is -6.57. The first-order chi connectivity index (χ1) is 29.7. The largest absolute Gasteiger partial charge is 0.298 e. The Morgan fingerprint density at radius 2 is 0.567 bits per heavy atom. The fourth-order valence-corrected chi connectivity index (χ4v) is 11.9. The number of hydrogen-bond donors (Lipinski definition) is 0. The molecule has 2 aliphatic carbocycles. The Morgan fingerprint density at radius 1 is 0.333 bits per heavy atom. The van der Waals surface area contributed by atoms with Gasteiger partial charge in [0.25, 0.3) is 0 Å². The molecule has 8 aromatic carbocycles. The van der Waals surface area contributed by atoms with E-state index in [0.717, 1.165) is 24.0 Å². The third kappa shape index (κ3) is 6.36. The maximum Gasteiger partial charge on any atom is 0.148 e. The minimum atomic E-state index is -0.331. The van der Waals surface area contributed by atoms with E-state index >= 15 is 4.79 Å². The van der Waals surface area contributed by atoms with E-state index in [4.69, 9.17) is 0 Å². The number of benzene rings is 8. The summed E-state index contributed by atoms with van der Waals surface area (Å²) in [5.41, 5.74) is 9.39. The molecule has 4 unspecified atom stereocenters. The molecule has 292 valence electrons. The highest BCUT2D eigenvalue weighted by Crippen LogP contribution is 2.68. The molecule has 0 saturated heterocycles. The van der Waals surface area contributed by atoms with Gasteiger partial charge in [-0.1, -0.05) is 243 Å². The van der Waals surface area contributed by atoms with Crippen molar-refractivity contribution >= 4 is 5.78 Å². The topological polar surface area (TPSA) is 17.1 Å². The van der Waals surface area contributed by atoms with Crippen LogP contribution in [0.25, 0.3) is 0 Å². The van der Waals surface area contributed by atoms with Gasteiger partial charge in [-0.15, -0.1) is 0 Å². The number of rotatable bonds is 12. The molecule has 0 radical (unpaired) electrons. The predicted molar refractivity (Wildman–Crippen MR) is 245 cm³/mol. The summed E-state index contributed by atoms with van der Waals surface area (Å²) < 4.78 is 0. The van der Waals surface area contributed by atoms with Gasteiger partial charge < -0.3 is 0 Å². The van der Waals surface area contributed by atoms with Crippen molar-refractivity contribution in [1.29, 1.82) is 0 Å². The number of ketones is 1. The van der Waals surface area contributed by atoms with Gasteiger partial charge in [-0.2, -0.15) is 0 Å². The number of Topliss-reactive ketones (excluding diaryl/α,β-unsaturated/α-hetero) is 1. The van der Waals surface area contributed by atoms with E-state index in [1.807, 2.05) is 0 Å². The average molecular weight is 775 g/mol. The van der Waals surface area contributed by atoms with Gasteiger partial charge in [0.2, 0.25) is 0 Å². The summed E-state index contributed by atoms with van der Waals surface area (Å²) in [6.07, 6.45) is 1.72. The minimum absolute atomic E-state index is 0.0529. The second-order valence-electron chi connectivity index (χ2n) is 17.1. The lowest BCUT2D eigenvalue weighted by Crippen LogP contribution is -2.56. The maximum absolute atomic E-state index is 16.6. The van der Waals surface area contributed by atoms with Crippen LogP contribution in [0.5, 0.6) is 0 Å². The average Bonchev–Trinajstić information content (AvgIpc) is 3.31. The van der Waals surface area contributed by atoms with Crippen LogP contribution in [-0.4, -0.2) is 5.78 Å². The van der Waals surface area contributed by atoms with Gasteiger partial charge in [0, 0.05) is 34.5 Å². The summed E-state index contributed by atoms with van der Waals surface area (Å²) in [5, 5.41) is 0. The third-order valence-corrected chi connectivity index (χ3v) is 14.3. The van der Waals surface area contributed by atoms with E-state index in [-0.39, 0.29) is 46.3 Å². The Labute approximate surface area is 355 Å². The SMILES string of the molecule is O=C(C(c1ccccc1)C1CC(c2ccccc2)(c2ccccc2)[C@H]1c1ccccc1)C(c1ccccc1)C1CC(c2ccccc2)(c2ccccc2)[C@H]1c1ccccc1. The highest BCUT2D eigenvalue weighted by Gasteiger charge is 2.63. The lowest BCUT2D eigenvalue weighted by molar-refractivity contribution is -0.128. The Morgan fingerprint density at radius 3 is 0.833 bits per heavy atom. The van der Waals surface area contributed by atoms with Gasteiger partial charge in [0.05, 0.1) is 0 Å². The molecule has 1 nitrogen and oxygen atoms in total. The molecule has 0 spiro atoms. The predicted octanol–water partition coefficient (Wildman–Crippen LogP) is 13.7. The van der Waals surface area contributed by atoms with Gasteiger partial charge in [0.15, 0.2) is 0 Å². The standard InChI is InChI=1S/C59H50O/c60-57(53(43-25-9-1-10-26-43)51-41-58(47-33-17-5-18-34-47,48-35-19-6-20-36-48)55(51)45-29-13-3-14-30-45)54(44-27-11-2-12-28-44)52-42-59(49-37-21-7-22-38-49,50-39-23-8-24-40-50)56(52)46-31-15-4-16-32-46/h1-40,51-56H,41-42H2/t51?,52?,53?,54?,55-,56-/m0/s1. The normalized spacial score (nSPS) is 21.1. The fraction of sp³-hybridized carbons (Fsp3) is 0.169. The summed E-state index contributed by atoms with van der Waals surface area (Å²) in [6.45, 7) is 0. The van der Waals surface area contributed by atoms with Crippen molar-refractivity contribution in [2.45, 2.75) is 47.3 Å². The first-order valence-electron chi connectivity index (χ1n) is 21.7. The van der Waals surface area contributed by atoms with Crippen molar-refractivity contribution in [3.05, 3.63) is 287 Å². The van der Waals surface area contributed by atoms with Crippen LogP contribution in [0.1, 0.15) is 81.0 Å². The van der Waals surface area contributed by atoms with Crippen LogP contribution in [0.4, 0.5) is 0 Å². The number of hydrogen-bond acceptors (Lipinski definition) is 1. The lowest BCUT2D eigenvalue weighted by atomic mass is 9.41. The van der Waals surface area contributed by atoms with Gasteiger partial charge in [-0.3, -0.25) is 4.79 Å². The quantitative estimate of drug-likeness (QED) is 0.121. The first-order valence-corrected chi connectivity index (χ1v) is 21.7. The van der Waals surface area contributed by atoms with Crippen LogP contribution in [0.2, 0.25) is 0 Å². The molecule has 2 aliphatic rings. The smallest absolute Gasteiger partial charge is 0.148 e. The summed E-state index contributed by atoms with van der Waals surface area (Å²) >= 11 is 0. The van der Waals surface area contributed by atoms with Crippen LogP contribution in [0, 0.1) is 11.8 Å². The second-order valence-corrected chi connectivity index (χ2v) is 17.1. The summed E-state index contributed by atoms with van der Waals surface area (Å²) in [4.78, 5) is 16.6. The van der Waals surface area contributed by atoms with Crippen molar-refractivity contribution in [1.82, 2.24) is 0 Å². The zero-order chi connectivity index (χ0) is 40.4. The second kappa shape index (κ2) is 16.2. The highest BCUT2D eigenvalue weighted by atomic mass is 16.1. The number of carbonyl (C=O) groups excluding carboxylic acids is 1. The molecule has 2 saturated carbocycles. The molecule has 0 aliphatic heterocycles. The molecular weight excluding hydrogens is 725 g/mol. The van der Waals surface area contributed by atoms with Crippen LogP contribution < -0.4 is 0 Å². The van der Waals surface area contributed by atoms with E-state index < -0.39 is 0 Å². The molecule has 0 amide bonds. The van der Waals surface area contributed by atoms with Gasteiger partial charge in [-0.05, 0) is 69.2 Å². The summed E-state index contributed by atoms with van der Waals surface area (Å²) in [5.74, 6) is -0.103. The van der Waals surface area contributed by atoms with Crippen molar-refractivity contribution in [3.8, 4) is 0 Å². The van der Waals surface area contributed by atoms with Crippen molar-refractivity contribution in [3.63, 3.8) is 0 Å². The fourth-order valence-electron chi connectivity index (χ4n) is 11.9.